The molecule has 0 aromatic heterocycles. The average Bonchev–Trinajstić information content (AvgIpc) is 3.11. The van der Waals surface area contributed by atoms with Crippen molar-refractivity contribution in [3.63, 3.8) is 0 Å². The number of fused-ring (bicyclic) bond motifs is 4. The molecule has 4 nitrogen and oxygen atoms in total. The van der Waals surface area contributed by atoms with Crippen LogP contribution in [0.3, 0.4) is 0 Å². The van der Waals surface area contributed by atoms with E-state index in [-0.39, 0.29) is 19.1 Å². The van der Waals surface area contributed by atoms with Gasteiger partial charge in [0.25, 0.3) is 0 Å². The van der Waals surface area contributed by atoms with Crippen molar-refractivity contribution >= 4 is 22.6 Å². The van der Waals surface area contributed by atoms with Crippen molar-refractivity contribution in [1.29, 1.82) is 0 Å². The van der Waals surface area contributed by atoms with Crippen molar-refractivity contribution in [2.24, 2.45) is 0 Å². The highest BCUT2D eigenvalue weighted by molar-refractivity contribution is 5.93. The number of rotatable bonds is 4. The molecular formula is C26H21NO3. The van der Waals surface area contributed by atoms with Gasteiger partial charge in [0.15, 0.2) is 0 Å². The van der Waals surface area contributed by atoms with Crippen molar-refractivity contribution < 1.29 is 14.6 Å². The van der Waals surface area contributed by atoms with E-state index >= 15 is 0 Å². The zero-order valence-electron chi connectivity index (χ0n) is 16.3. The smallest absolute Gasteiger partial charge is 0.411 e. The minimum atomic E-state index is -0.526. The van der Waals surface area contributed by atoms with Crippen LogP contribution in [0.1, 0.15) is 22.6 Å². The second-order valence-corrected chi connectivity index (χ2v) is 7.47. The Morgan fingerprint density at radius 2 is 1.40 bits per heavy atom. The van der Waals surface area contributed by atoms with Crippen molar-refractivity contribution in [3.05, 3.63) is 102 Å². The molecule has 5 rings (SSSR count). The normalized spacial score (nSPS) is 12.4. The summed E-state index contributed by atoms with van der Waals surface area (Å²) in [6, 6.07) is 28.1. The lowest BCUT2D eigenvalue weighted by Gasteiger charge is -2.16. The average molecular weight is 395 g/mol. The lowest BCUT2D eigenvalue weighted by molar-refractivity contribution is 0.158. The lowest BCUT2D eigenvalue weighted by atomic mass is 9.98. The van der Waals surface area contributed by atoms with E-state index in [4.69, 9.17) is 4.74 Å². The Balaban J connectivity index is 1.36. The summed E-state index contributed by atoms with van der Waals surface area (Å²) in [6.07, 6.45) is -0.526. The highest BCUT2D eigenvalue weighted by Gasteiger charge is 2.29. The molecule has 0 aliphatic heterocycles. The maximum Gasteiger partial charge on any atom is 0.411 e. The van der Waals surface area contributed by atoms with Crippen LogP contribution in [-0.4, -0.2) is 17.8 Å². The number of hydrogen-bond donors (Lipinski definition) is 2. The number of hydrogen-bond acceptors (Lipinski definition) is 3. The van der Waals surface area contributed by atoms with Crippen LogP contribution in [0.2, 0.25) is 0 Å². The number of benzene rings is 4. The van der Waals surface area contributed by atoms with Crippen molar-refractivity contribution in [2.75, 3.05) is 11.9 Å². The summed E-state index contributed by atoms with van der Waals surface area (Å²) in [5.74, 6) is 0.0112. The van der Waals surface area contributed by atoms with Crippen LogP contribution in [0.4, 0.5) is 10.5 Å². The minimum Gasteiger partial charge on any atom is -0.448 e. The molecule has 1 aliphatic carbocycles. The zero-order chi connectivity index (χ0) is 20.5. The fourth-order valence-electron chi connectivity index (χ4n) is 4.28. The fourth-order valence-corrected chi connectivity index (χ4v) is 4.28. The summed E-state index contributed by atoms with van der Waals surface area (Å²) < 4.78 is 5.62. The molecule has 0 saturated heterocycles. The highest BCUT2D eigenvalue weighted by Crippen LogP contribution is 2.44. The van der Waals surface area contributed by atoms with Crippen LogP contribution in [0.15, 0.2) is 84.9 Å². The number of aliphatic hydroxyl groups is 1. The van der Waals surface area contributed by atoms with E-state index in [9.17, 15) is 9.90 Å². The molecule has 1 amide bonds. The maximum atomic E-state index is 12.6. The summed E-state index contributed by atoms with van der Waals surface area (Å²) in [4.78, 5) is 12.6. The van der Waals surface area contributed by atoms with Gasteiger partial charge in [-0.2, -0.15) is 0 Å². The van der Waals surface area contributed by atoms with Gasteiger partial charge in [-0.1, -0.05) is 72.8 Å². The predicted molar refractivity (Wildman–Crippen MR) is 119 cm³/mol. The molecular weight excluding hydrogens is 374 g/mol. The Morgan fingerprint density at radius 1 is 0.833 bits per heavy atom. The Labute approximate surface area is 174 Å². The first-order valence-corrected chi connectivity index (χ1v) is 9.99. The van der Waals surface area contributed by atoms with Gasteiger partial charge in [0.05, 0.1) is 12.3 Å². The van der Waals surface area contributed by atoms with Gasteiger partial charge < -0.3 is 9.84 Å². The number of ether oxygens (including phenoxy) is 1. The number of anilines is 1. The molecule has 0 heterocycles. The molecule has 0 atom stereocenters. The number of aliphatic hydroxyl groups excluding tert-OH is 1. The third kappa shape index (κ3) is 3.21. The molecule has 148 valence electrons. The lowest BCUT2D eigenvalue weighted by Crippen LogP contribution is -2.18. The SMILES string of the molecule is O=C(Nc1cc2ccccc2cc1CO)OCC1c2ccccc2-c2ccccc21. The summed E-state index contributed by atoms with van der Waals surface area (Å²) in [5, 5.41) is 14.5. The molecule has 4 aromatic carbocycles. The maximum absolute atomic E-state index is 12.6. The molecule has 2 N–H and O–H groups in total. The third-order valence-corrected chi connectivity index (χ3v) is 5.72. The van der Waals surface area contributed by atoms with Crippen LogP contribution in [0.25, 0.3) is 21.9 Å². The van der Waals surface area contributed by atoms with E-state index in [1.807, 2.05) is 60.7 Å². The molecule has 30 heavy (non-hydrogen) atoms. The number of nitrogens with one attached hydrogen (secondary N) is 1. The number of amides is 1. The van der Waals surface area contributed by atoms with Crippen molar-refractivity contribution in [2.45, 2.75) is 12.5 Å². The van der Waals surface area contributed by atoms with Crippen LogP contribution in [0.5, 0.6) is 0 Å². The molecule has 0 bridgehead atoms. The van der Waals surface area contributed by atoms with E-state index in [0.29, 0.717) is 11.3 Å². The molecule has 0 unspecified atom stereocenters. The summed E-state index contributed by atoms with van der Waals surface area (Å²) in [6.45, 7) is 0.0890. The first-order chi connectivity index (χ1) is 14.7. The molecule has 0 saturated carbocycles. The Kier molecular flexibility index (Phi) is 4.69. The molecule has 0 radical (unpaired) electrons. The van der Waals surface area contributed by atoms with Crippen LogP contribution >= 0.6 is 0 Å². The van der Waals surface area contributed by atoms with Gasteiger partial charge >= 0.3 is 6.09 Å². The van der Waals surface area contributed by atoms with E-state index in [0.717, 1.165) is 10.8 Å². The topological polar surface area (TPSA) is 58.6 Å². The second-order valence-electron chi connectivity index (χ2n) is 7.47. The second kappa shape index (κ2) is 7.65. The molecule has 0 spiro atoms. The van der Waals surface area contributed by atoms with Gasteiger partial charge in [-0.25, -0.2) is 4.79 Å². The van der Waals surface area contributed by atoms with Gasteiger partial charge in [0, 0.05) is 11.5 Å². The van der Waals surface area contributed by atoms with Gasteiger partial charge in [-0.05, 0) is 45.2 Å². The summed E-state index contributed by atoms with van der Waals surface area (Å²) >= 11 is 0. The summed E-state index contributed by atoms with van der Waals surface area (Å²) in [7, 11) is 0. The first-order valence-electron chi connectivity index (χ1n) is 9.99. The first kappa shape index (κ1) is 18.4. The molecule has 0 fully saturated rings. The van der Waals surface area contributed by atoms with Crippen molar-refractivity contribution in [3.8, 4) is 11.1 Å². The largest absolute Gasteiger partial charge is 0.448 e. The van der Waals surface area contributed by atoms with Gasteiger partial charge in [-0.15, -0.1) is 0 Å². The number of carbonyl (C=O) groups is 1. The monoisotopic (exact) mass is 395 g/mol. The van der Waals surface area contributed by atoms with Crippen LogP contribution in [-0.2, 0) is 11.3 Å². The van der Waals surface area contributed by atoms with Crippen molar-refractivity contribution in [1.82, 2.24) is 0 Å². The van der Waals surface area contributed by atoms with Crippen LogP contribution in [0, 0.1) is 0 Å². The molecule has 1 aliphatic rings. The summed E-state index contributed by atoms with van der Waals surface area (Å²) in [5.41, 5.74) is 5.95. The Hall–Kier alpha value is -3.63. The van der Waals surface area contributed by atoms with E-state index in [1.165, 1.54) is 22.3 Å². The number of carbonyl (C=O) groups excluding carboxylic acids is 1. The minimum absolute atomic E-state index is 0.0112. The predicted octanol–water partition coefficient (Wildman–Crippen LogP) is 5.69. The quantitative estimate of drug-likeness (QED) is 0.466. The Morgan fingerprint density at radius 3 is 2.03 bits per heavy atom. The van der Waals surface area contributed by atoms with E-state index in [2.05, 4.69) is 29.6 Å². The third-order valence-electron chi connectivity index (χ3n) is 5.72. The van der Waals surface area contributed by atoms with Gasteiger partial charge in [0.1, 0.15) is 6.61 Å². The highest BCUT2D eigenvalue weighted by atomic mass is 16.5. The van der Waals surface area contributed by atoms with Crippen LogP contribution < -0.4 is 5.32 Å². The van der Waals surface area contributed by atoms with E-state index in [1.54, 1.807) is 0 Å². The molecule has 4 heteroatoms. The molecule has 4 aromatic rings. The standard InChI is InChI=1S/C26H21NO3/c28-15-19-13-17-7-1-2-8-18(17)14-25(19)27-26(29)30-16-24-22-11-5-3-9-20(22)21-10-4-6-12-23(21)24/h1-14,24,28H,15-16H2,(H,27,29). The zero-order valence-corrected chi connectivity index (χ0v) is 16.3. The van der Waals surface area contributed by atoms with E-state index < -0.39 is 6.09 Å². The fraction of sp³-hybridized carbons (Fsp3) is 0.115. The Bertz CT molecular complexity index is 1200. The van der Waals surface area contributed by atoms with Gasteiger partial charge in [0.2, 0.25) is 0 Å². The van der Waals surface area contributed by atoms with Gasteiger partial charge in [-0.3, -0.25) is 5.32 Å².